The highest BCUT2D eigenvalue weighted by molar-refractivity contribution is 5.91. The fourth-order valence-corrected chi connectivity index (χ4v) is 4.21. The van der Waals surface area contributed by atoms with Crippen molar-refractivity contribution in [1.29, 1.82) is 0 Å². The Morgan fingerprint density at radius 1 is 1.31 bits per heavy atom. The Labute approximate surface area is 166 Å². The summed E-state index contributed by atoms with van der Waals surface area (Å²) in [6.07, 6.45) is -0.267. The summed E-state index contributed by atoms with van der Waals surface area (Å²) in [6, 6.07) is 7.78. The first-order chi connectivity index (χ1) is 13.8. The minimum atomic E-state index is -4.68. The molecule has 155 valence electrons. The summed E-state index contributed by atoms with van der Waals surface area (Å²) >= 11 is 0. The third-order valence-electron chi connectivity index (χ3n) is 5.62. The highest BCUT2D eigenvalue weighted by Gasteiger charge is 2.54. The number of halogens is 3. The van der Waals surface area contributed by atoms with Crippen LogP contribution in [-0.2, 0) is 11.8 Å². The van der Waals surface area contributed by atoms with Crippen molar-refractivity contribution in [2.45, 2.75) is 12.8 Å². The van der Waals surface area contributed by atoms with Gasteiger partial charge in [0.15, 0.2) is 0 Å². The minimum Gasteiger partial charge on any atom is -0.406 e. The molecule has 1 aliphatic heterocycles. The van der Waals surface area contributed by atoms with Crippen LogP contribution in [-0.4, -0.2) is 46.6 Å². The molecule has 2 atom stereocenters. The van der Waals surface area contributed by atoms with Gasteiger partial charge in [0.2, 0.25) is 5.91 Å². The first-order valence-electron chi connectivity index (χ1n) is 9.48. The van der Waals surface area contributed by atoms with E-state index >= 15 is 0 Å². The van der Waals surface area contributed by atoms with Crippen LogP contribution in [0.25, 0.3) is 0 Å². The van der Waals surface area contributed by atoms with Crippen LogP contribution in [0, 0.1) is 24.2 Å². The molecule has 9 heteroatoms. The SMILES string of the molecule is Cn1nccc1NC(=O)CN1CC2C(C[CH]c3cccc(OC(F)(F)F)c3)C2C1. The zero-order chi connectivity index (χ0) is 20.6. The molecule has 6 nitrogen and oxygen atoms in total. The third kappa shape index (κ3) is 4.90. The van der Waals surface area contributed by atoms with Gasteiger partial charge in [-0.25, -0.2) is 0 Å². The summed E-state index contributed by atoms with van der Waals surface area (Å²) in [7, 11) is 1.77. The maximum absolute atomic E-state index is 12.3. The van der Waals surface area contributed by atoms with Crippen LogP contribution in [0.1, 0.15) is 12.0 Å². The number of carbonyl (C=O) groups is 1. The predicted octanol–water partition coefficient (Wildman–Crippen LogP) is 3.08. The number of nitrogens with zero attached hydrogens (tertiary/aromatic N) is 3. The molecule has 0 spiro atoms. The number of hydrogen-bond donors (Lipinski definition) is 1. The van der Waals surface area contributed by atoms with Crippen molar-refractivity contribution in [3.8, 4) is 5.75 Å². The lowest BCUT2D eigenvalue weighted by Gasteiger charge is -2.19. The maximum atomic E-state index is 12.3. The van der Waals surface area contributed by atoms with Crippen molar-refractivity contribution in [2.24, 2.45) is 24.8 Å². The molecule has 0 bridgehead atoms. The third-order valence-corrected chi connectivity index (χ3v) is 5.62. The van der Waals surface area contributed by atoms with Gasteiger partial charge in [0.05, 0.1) is 12.7 Å². The number of aryl methyl sites for hydroxylation is 1. The smallest absolute Gasteiger partial charge is 0.406 e. The van der Waals surface area contributed by atoms with Gasteiger partial charge in [-0.15, -0.1) is 13.2 Å². The molecule has 1 saturated carbocycles. The van der Waals surface area contributed by atoms with E-state index in [1.807, 2.05) is 6.42 Å². The van der Waals surface area contributed by atoms with Gasteiger partial charge in [0.1, 0.15) is 11.6 Å². The van der Waals surface area contributed by atoms with E-state index in [1.165, 1.54) is 12.1 Å². The van der Waals surface area contributed by atoms with Crippen LogP contribution >= 0.6 is 0 Å². The van der Waals surface area contributed by atoms with Crippen LogP contribution in [0.15, 0.2) is 36.5 Å². The molecule has 1 aliphatic carbocycles. The zero-order valence-corrected chi connectivity index (χ0v) is 15.9. The summed E-state index contributed by atoms with van der Waals surface area (Å²) in [5.74, 6) is 2.03. The molecule has 1 saturated heterocycles. The lowest BCUT2D eigenvalue weighted by Crippen LogP contribution is -2.34. The zero-order valence-electron chi connectivity index (χ0n) is 15.9. The number of ether oxygens (including phenoxy) is 1. The van der Waals surface area contributed by atoms with Crippen molar-refractivity contribution in [1.82, 2.24) is 14.7 Å². The molecule has 1 radical (unpaired) electrons. The van der Waals surface area contributed by atoms with Crippen LogP contribution in [0.3, 0.4) is 0 Å². The number of hydrogen-bond acceptors (Lipinski definition) is 4. The number of rotatable bonds is 7. The minimum absolute atomic E-state index is 0.0560. The van der Waals surface area contributed by atoms with E-state index in [9.17, 15) is 18.0 Å². The Kier molecular flexibility index (Phi) is 5.24. The van der Waals surface area contributed by atoms with Gasteiger partial charge in [-0.05, 0) is 48.3 Å². The molecule has 2 unspecified atom stereocenters. The number of aromatic nitrogens is 2. The van der Waals surface area contributed by atoms with Crippen molar-refractivity contribution >= 4 is 11.7 Å². The Morgan fingerprint density at radius 2 is 2.07 bits per heavy atom. The van der Waals surface area contributed by atoms with Gasteiger partial charge in [-0.3, -0.25) is 14.4 Å². The molecule has 2 fully saturated rings. The van der Waals surface area contributed by atoms with Crippen LogP contribution in [0.5, 0.6) is 5.75 Å². The van der Waals surface area contributed by atoms with E-state index in [1.54, 1.807) is 36.1 Å². The summed E-state index contributed by atoms with van der Waals surface area (Å²) < 4.78 is 42.6. The maximum Gasteiger partial charge on any atom is 0.573 e. The second-order valence-electron chi connectivity index (χ2n) is 7.63. The van der Waals surface area contributed by atoms with E-state index < -0.39 is 6.36 Å². The fraction of sp³-hybridized carbons (Fsp3) is 0.450. The van der Waals surface area contributed by atoms with E-state index in [0.29, 0.717) is 30.1 Å². The number of alkyl halides is 3. The lowest BCUT2D eigenvalue weighted by atomic mass is 10.0. The summed E-state index contributed by atoms with van der Waals surface area (Å²) in [5.41, 5.74) is 0.726. The number of nitrogens with one attached hydrogen (secondary N) is 1. The summed E-state index contributed by atoms with van der Waals surface area (Å²) in [5, 5.41) is 6.87. The molecule has 2 heterocycles. The van der Waals surface area contributed by atoms with Gasteiger partial charge in [-0.1, -0.05) is 12.1 Å². The Hall–Kier alpha value is -2.55. The predicted molar refractivity (Wildman–Crippen MR) is 99.9 cm³/mol. The Bertz CT molecular complexity index is 871. The van der Waals surface area contributed by atoms with Gasteiger partial charge in [0, 0.05) is 26.2 Å². The molecule has 1 amide bonds. The first kappa shape index (κ1) is 19.8. The van der Waals surface area contributed by atoms with Crippen LogP contribution in [0.2, 0.25) is 0 Å². The lowest BCUT2D eigenvalue weighted by molar-refractivity contribution is -0.274. The number of anilines is 1. The van der Waals surface area contributed by atoms with Crippen molar-refractivity contribution in [3.63, 3.8) is 0 Å². The van der Waals surface area contributed by atoms with E-state index in [-0.39, 0.29) is 11.7 Å². The molecule has 1 aromatic carbocycles. The van der Waals surface area contributed by atoms with Crippen molar-refractivity contribution in [3.05, 3.63) is 48.5 Å². The standard InChI is InChI=1S/C20H22F3N4O2/c1-26-18(7-8-24-26)25-19(28)12-27-10-16-15(17(16)11-27)6-5-13-3-2-4-14(9-13)29-20(21,22)23/h2-5,7-9,15-17H,6,10-12H2,1H3,(H,25,28). The number of piperidine rings is 1. The highest BCUT2D eigenvalue weighted by atomic mass is 19.4. The molecular weight excluding hydrogens is 385 g/mol. The second kappa shape index (κ2) is 7.70. The first-order valence-corrected chi connectivity index (χ1v) is 9.48. The molecule has 1 aromatic heterocycles. The average Bonchev–Trinajstić information content (AvgIpc) is 2.91. The number of carbonyl (C=O) groups excluding carboxylic acids is 1. The van der Waals surface area contributed by atoms with Crippen molar-refractivity contribution < 1.29 is 22.7 Å². The van der Waals surface area contributed by atoms with Gasteiger partial charge >= 0.3 is 6.36 Å². The van der Waals surface area contributed by atoms with Crippen molar-refractivity contribution in [2.75, 3.05) is 25.0 Å². The topological polar surface area (TPSA) is 59.4 Å². The molecular formula is C20H22F3N4O2. The Morgan fingerprint density at radius 3 is 2.72 bits per heavy atom. The molecule has 1 N–H and O–H groups in total. The monoisotopic (exact) mass is 407 g/mol. The molecule has 4 rings (SSSR count). The van der Waals surface area contributed by atoms with Gasteiger partial charge in [-0.2, -0.15) is 5.10 Å². The fourth-order valence-electron chi connectivity index (χ4n) is 4.21. The quantitative estimate of drug-likeness (QED) is 0.767. The second-order valence-corrected chi connectivity index (χ2v) is 7.63. The van der Waals surface area contributed by atoms with E-state index in [0.717, 1.165) is 25.1 Å². The molecule has 2 aromatic rings. The normalized spacial score (nSPS) is 23.7. The van der Waals surface area contributed by atoms with Crippen LogP contribution in [0.4, 0.5) is 19.0 Å². The number of likely N-dealkylation sites (tertiary alicyclic amines) is 1. The summed E-state index contributed by atoms with van der Waals surface area (Å²) in [6.45, 7) is 2.10. The van der Waals surface area contributed by atoms with E-state index in [4.69, 9.17) is 0 Å². The number of fused-ring (bicyclic) bond motifs is 1. The summed E-state index contributed by atoms with van der Waals surface area (Å²) in [4.78, 5) is 14.3. The highest BCUT2D eigenvalue weighted by Crippen LogP contribution is 2.54. The largest absolute Gasteiger partial charge is 0.573 e. The number of benzene rings is 1. The average molecular weight is 407 g/mol. The number of amides is 1. The van der Waals surface area contributed by atoms with Gasteiger partial charge < -0.3 is 10.1 Å². The molecule has 2 aliphatic rings. The van der Waals surface area contributed by atoms with Gasteiger partial charge in [0.25, 0.3) is 0 Å². The molecule has 29 heavy (non-hydrogen) atoms. The Balaban J connectivity index is 1.20. The van der Waals surface area contributed by atoms with E-state index in [2.05, 4.69) is 20.1 Å². The van der Waals surface area contributed by atoms with Crippen LogP contribution < -0.4 is 10.1 Å².